The molecule has 6 N–H and O–H groups in total. The summed E-state index contributed by atoms with van der Waals surface area (Å²) in [5.74, 6) is -4.85. The summed E-state index contributed by atoms with van der Waals surface area (Å²) >= 11 is 0. The lowest BCUT2D eigenvalue weighted by Crippen LogP contribution is -2.30. The third-order valence-electron chi connectivity index (χ3n) is 4.10. The Morgan fingerprint density at radius 3 is 1.12 bits per heavy atom. The number of unbranched alkanes of at least 4 members (excludes halogenated alkanes) is 3. The van der Waals surface area contributed by atoms with Gasteiger partial charge in [0.1, 0.15) is 0 Å². The highest BCUT2D eigenvalue weighted by molar-refractivity contribution is 7.87. The molecule has 0 aromatic carbocycles. The van der Waals surface area contributed by atoms with Crippen molar-refractivity contribution < 1.29 is 64.9 Å². The van der Waals surface area contributed by atoms with Crippen LogP contribution >= 0.6 is 0 Å². The van der Waals surface area contributed by atoms with Gasteiger partial charge < -0.3 is 10.2 Å². The van der Waals surface area contributed by atoms with Crippen molar-refractivity contribution in [2.75, 3.05) is 0 Å². The summed E-state index contributed by atoms with van der Waals surface area (Å²) in [6.07, 6.45) is 2.30. The summed E-state index contributed by atoms with van der Waals surface area (Å²) in [6, 6.07) is 0. The van der Waals surface area contributed by atoms with Crippen molar-refractivity contribution in [3.63, 3.8) is 0 Å². The van der Waals surface area contributed by atoms with E-state index < -0.39 is 79.1 Å². The molecule has 194 valence electrons. The Bertz CT molecular complexity index is 936. The highest BCUT2D eigenvalue weighted by atomic mass is 32.2. The zero-order valence-electron chi connectivity index (χ0n) is 17.5. The van der Waals surface area contributed by atoms with Crippen molar-refractivity contribution in [3.8, 4) is 0 Å². The van der Waals surface area contributed by atoms with Gasteiger partial charge in [0.05, 0.1) is 12.8 Å². The van der Waals surface area contributed by atoms with Crippen molar-refractivity contribution in [3.05, 3.63) is 0 Å². The van der Waals surface area contributed by atoms with E-state index in [2.05, 4.69) is 0 Å². The summed E-state index contributed by atoms with van der Waals surface area (Å²) < 4.78 is 58.1. The van der Waals surface area contributed by atoms with Gasteiger partial charge in [-0.3, -0.25) is 48.5 Å². The molecule has 2 saturated heterocycles. The maximum Gasteiger partial charge on any atom is 0.303 e. The fourth-order valence-electron chi connectivity index (χ4n) is 2.45. The van der Waals surface area contributed by atoms with Crippen LogP contribution in [0, 0.1) is 0 Å². The molecule has 0 bridgehead atoms. The number of aliphatic carboxylic acids is 2. The maximum absolute atomic E-state index is 10.6. The van der Waals surface area contributed by atoms with E-state index in [0.29, 0.717) is 12.8 Å². The molecule has 2 atom stereocenters. The highest BCUT2D eigenvalue weighted by Gasteiger charge is 2.40. The molecule has 2 unspecified atom stereocenters. The van der Waals surface area contributed by atoms with Gasteiger partial charge in [-0.2, -0.15) is 16.8 Å². The Kier molecular flexibility index (Phi) is 12.5. The average Bonchev–Trinajstić information content (AvgIpc) is 3.18. The molecule has 34 heavy (non-hydrogen) atoms. The van der Waals surface area contributed by atoms with Gasteiger partial charge in [-0.05, 0) is 12.8 Å². The maximum atomic E-state index is 10.6. The van der Waals surface area contributed by atoms with Crippen LogP contribution < -0.4 is 10.6 Å². The zero-order chi connectivity index (χ0) is 26.7. The second kappa shape index (κ2) is 13.7. The van der Waals surface area contributed by atoms with E-state index >= 15 is 0 Å². The molecule has 2 heterocycles. The van der Waals surface area contributed by atoms with Crippen molar-refractivity contribution in [2.24, 2.45) is 0 Å². The molecule has 0 radical (unpaired) electrons. The van der Waals surface area contributed by atoms with Crippen LogP contribution in [-0.2, 0) is 49.0 Å². The first-order valence-corrected chi connectivity index (χ1v) is 12.5. The minimum Gasteiger partial charge on any atom is -0.481 e. The summed E-state index contributed by atoms with van der Waals surface area (Å²) in [5.41, 5.74) is 0. The van der Waals surface area contributed by atoms with E-state index in [0.717, 1.165) is 12.8 Å². The first-order chi connectivity index (χ1) is 15.4. The predicted octanol–water partition coefficient (Wildman–Crippen LogP) is -1.93. The van der Waals surface area contributed by atoms with Gasteiger partial charge in [-0.25, -0.2) is 0 Å². The van der Waals surface area contributed by atoms with Crippen LogP contribution in [0.5, 0.6) is 0 Å². The number of carboxylic acids is 2. The van der Waals surface area contributed by atoms with Crippen LogP contribution in [0.1, 0.15) is 51.4 Å². The second-order valence-electron chi connectivity index (χ2n) is 6.94. The lowest BCUT2D eigenvalue weighted by Gasteiger charge is -1.98. The molecule has 0 saturated carbocycles. The van der Waals surface area contributed by atoms with Crippen LogP contribution in [0.15, 0.2) is 0 Å². The van der Waals surface area contributed by atoms with Crippen molar-refractivity contribution in [1.29, 1.82) is 0 Å². The number of hydrogen-bond donors (Lipinski definition) is 6. The molecular formula is C16H24N2O14S2. The molecule has 0 aromatic rings. The Hall–Kier alpha value is -2.96. The number of imide groups is 2. The second-order valence-corrected chi connectivity index (χ2v) is 10.1. The Balaban J connectivity index is 0.000000481. The Morgan fingerprint density at radius 2 is 0.971 bits per heavy atom. The van der Waals surface area contributed by atoms with Gasteiger partial charge >= 0.3 is 11.9 Å². The highest BCUT2D eigenvalue weighted by Crippen LogP contribution is 2.10. The van der Waals surface area contributed by atoms with Crippen molar-refractivity contribution in [1.82, 2.24) is 10.6 Å². The summed E-state index contributed by atoms with van der Waals surface area (Å²) in [4.78, 5) is 62.0. The van der Waals surface area contributed by atoms with E-state index in [1.807, 2.05) is 0 Å². The smallest absolute Gasteiger partial charge is 0.303 e. The molecule has 2 aliphatic rings. The number of carbonyl (C=O) groups is 6. The number of carbonyl (C=O) groups excluding carboxylic acids is 4. The molecule has 16 nitrogen and oxygen atoms in total. The van der Waals surface area contributed by atoms with Crippen molar-refractivity contribution in [2.45, 2.75) is 61.9 Å². The largest absolute Gasteiger partial charge is 0.481 e. The first kappa shape index (κ1) is 31.0. The van der Waals surface area contributed by atoms with Gasteiger partial charge in [0.25, 0.3) is 20.2 Å². The molecule has 0 aliphatic carbocycles. The lowest BCUT2D eigenvalue weighted by molar-refractivity contribution is -0.138. The summed E-state index contributed by atoms with van der Waals surface area (Å²) in [5, 5.41) is 16.8. The van der Waals surface area contributed by atoms with E-state index in [-0.39, 0.29) is 12.8 Å². The topological polar surface area (TPSA) is 276 Å². The minimum absolute atomic E-state index is 0.188. The average molecular weight is 533 g/mol. The van der Waals surface area contributed by atoms with E-state index in [4.69, 9.17) is 19.3 Å². The Morgan fingerprint density at radius 1 is 0.676 bits per heavy atom. The lowest BCUT2D eigenvalue weighted by atomic mass is 10.1. The van der Waals surface area contributed by atoms with E-state index in [1.54, 1.807) is 10.6 Å². The molecule has 2 aliphatic heterocycles. The molecule has 4 amide bonds. The molecular weight excluding hydrogens is 508 g/mol. The third-order valence-corrected chi connectivity index (χ3v) is 6.30. The van der Waals surface area contributed by atoms with Crippen LogP contribution in [0.4, 0.5) is 0 Å². The quantitative estimate of drug-likeness (QED) is 0.107. The van der Waals surface area contributed by atoms with Crippen LogP contribution in [0.25, 0.3) is 0 Å². The van der Waals surface area contributed by atoms with Crippen LogP contribution in [0.2, 0.25) is 0 Å². The monoisotopic (exact) mass is 532 g/mol. The fourth-order valence-corrected chi connectivity index (χ4v) is 3.83. The number of carboxylic acid groups (broad SMARTS) is 2. The first-order valence-electron chi connectivity index (χ1n) is 9.48. The van der Waals surface area contributed by atoms with Gasteiger partial charge in [0, 0.05) is 12.8 Å². The fraction of sp³-hybridized carbons (Fsp3) is 0.625. The minimum atomic E-state index is -4.42. The molecule has 0 spiro atoms. The number of nitrogens with one attached hydrogen (secondary N) is 2. The van der Waals surface area contributed by atoms with E-state index in [1.165, 1.54) is 0 Å². The molecule has 2 rings (SSSR count). The standard InChI is InChI=1S/C8H14O4.2C4H5NO5S/c9-7(10)5-3-1-2-4-6-8(11)12;2*6-3-1-2(4(7)5-3)11(8,9)10/h1-6H2,(H,9,10)(H,11,12);2*2H,1H2,(H,5,6,7)(H,8,9,10). The van der Waals surface area contributed by atoms with Gasteiger partial charge in [0.15, 0.2) is 10.5 Å². The Labute approximate surface area is 193 Å². The molecule has 18 heteroatoms. The van der Waals surface area contributed by atoms with Gasteiger partial charge in [-0.15, -0.1) is 0 Å². The van der Waals surface area contributed by atoms with Crippen LogP contribution in [-0.4, -0.2) is 82.2 Å². The van der Waals surface area contributed by atoms with Gasteiger partial charge in [-0.1, -0.05) is 12.8 Å². The zero-order valence-corrected chi connectivity index (χ0v) is 19.1. The van der Waals surface area contributed by atoms with E-state index in [9.17, 15) is 45.6 Å². The number of hydrogen-bond acceptors (Lipinski definition) is 10. The number of rotatable bonds is 9. The van der Waals surface area contributed by atoms with Crippen molar-refractivity contribution >= 4 is 55.8 Å². The predicted molar refractivity (Wildman–Crippen MR) is 109 cm³/mol. The summed E-state index contributed by atoms with van der Waals surface area (Å²) in [6.45, 7) is 0. The molecule has 0 aromatic heterocycles. The SMILES string of the molecule is O=C(O)CCCCCCC(=O)O.O=C1CC(S(=O)(=O)O)C(=O)N1.O=C1CC(S(=O)(=O)O)C(=O)N1. The normalized spacial score (nSPS) is 19.8. The number of amides is 4. The summed E-state index contributed by atoms with van der Waals surface area (Å²) in [7, 11) is -8.84. The third kappa shape index (κ3) is 12.9. The molecule has 2 fully saturated rings. The van der Waals surface area contributed by atoms with Gasteiger partial charge in [0.2, 0.25) is 23.6 Å². The van der Waals surface area contributed by atoms with Crippen LogP contribution in [0.3, 0.4) is 0 Å².